The zero-order valence-corrected chi connectivity index (χ0v) is 22.7. The van der Waals surface area contributed by atoms with Gasteiger partial charge in [0, 0.05) is 10.8 Å². The average Bonchev–Trinajstić information content (AvgIpc) is 2.91. The fraction of sp³-hybridized carbons (Fsp3) is 0.677. The van der Waals surface area contributed by atoms with Crippen molar-refractivity contribution in [1.82, 2.24) is 0 Å². The maximum atomic E-state index is 15.4. The number of hydrogen-bond donors (Lipinski definition) is 0. The normalized spacial score (nSPS) is 23.1. The largest absolute Gasteiger partial charge is 0.493 e. The van der Waals surface area contributed by atoms with E-state index in [1.165, 1.54) is 43.9 Å². The molecule has 2 aromatic rings. The Morgan fingerprint density at radius 1 is 0.868 bits per heavy atom. The van der Waals surface area contributed by atoms with E-state index in [0.717, 1.165) is 51.4 Å². The van der Waals surface area contributed by atoms with E-state index in [2.05, 4.69) is 6.92 Å². The van der Waals surface area contributed by atoms with Crippen LogP contribution < -0.4 is 9.47 Å². The number of benzene rings is 2. The molecule has 2 aliphatic rings. The molecule has 7 heteroatoms. The monoisotopic (exact) mass is 540 g/mol. The van der Waals surface area contributed by atoms with Crippen LogP contribution in [0.5, 0.6) is 11.5 Å². The number of rotatable bonds is 10. The first-order chi connectivity index (χ1) is 18.2. The summed E-state index contributed by atoms with van der Waals surface area (Å²) in [5, 5.41) is -0.856. The highest BCUT2D eigenvalue weighted by Crippen LogP contribution is 2.51. The van der Waals surface area contributed by atoms with Gasteiger partial charge < -0.3 is 9.47 Å². The van der Waals surface area contributed by atoms with Crippen LogP contribution in [0.15, 0.2) is 18.2 Å². The molecular formula is C31H41F5O2. The van der Waals surface area contributed by atoms with Crippen molar-refractivity contribution in [3.8, 4) is 11.5 Å². The Hall–Kier alpha value is -2.05. The van der Waals surface area contributed by atoms with Crippen LogP contribution in [-0.4, -0.2) is 13.2 Å². The van der Waals surface area contributed by atoms with Crippen molar-refractivity contribution in [3.05, 3.63) is 35.4 Å². The molecule has 0 unspecified atom stereocenters. The maximum absolute atomic E-state index is 15.4. The van der Waals surface area contributed by atoms with Gasteiger partial charge in [-0.2, -0.15) is 17.6 Å². The number of alkyl halides is 3. The molecule has 0 aliphatic heterocycles. The summed E-state index contributed by atoms with van der Waals surface area (Å²) in [6.07, 6.45) is 8.77. The van der Waals surface area contributed by atoms with E-state index in [-0.39, 0.29) is 29.8 Å². The molecule has 2 saturated carbocycles. The quantitative estimate of drug-likeness (QED) is 0.220. The van der Waals surface area contributed by atoms with Crippen molar-refractivity contribution in [2.24, 2.45) is 17.3 Å². The lowest BCUT2D eigenvalue weighted by atomic mass is 9.60. The fourth-order valence-corrected chi connectivity index (χ4v) is 6.77. The molecule has 0 N–H and O–H groups in total. The summed E-state index contributed by atoms with van der Waals surface area (Å²) in [5.41, 5.74) is -1.38. The van der Waals surface area contributed by atoms with E-state index in [4.69, 9.17) is 9.47 Å². The first kappa shape index (κ1) is 28.9. The Bertz CT molecular complexity index is 1070. The zero-order valence-electron chi connectivity index (χ0n) is 22.7. The predicted octanol–water partition coefficient (Wildman–Crippen LogP) is 10.3. The zero-order chi connectivity index (χ0) is 27.3. The molecule has 212 valence electrons. The van der Waals surface area contributed by atoms with Gasteiger partial charge in [0.15, 0.2) is 11.6 Å². The highest BCUT2D eigenvalue weighted by atomic mass is 19.4. The minimum Gasteiger partial charge on any atom is -0.493 e. The lowest BCUT2D eigenvalue weighted by Crippen LogP contribution is -2.41. The van der Waals surface area contributed by atoms with Gasteiger partial charge in [-0.15, -0.1) is 0 Å². The summed E-state index contributed by atoms with van der Waals surface area (Å²) in [7, 11) is 0. The summed E-state index contributed by atoms with van der Waals surface area (Å²) in [4.78, 5) is 0. The second-order valence-corrected chi connectivity index (χ2v) is 11.5. The highest BCUT2D eigenvalue weighted by Gasteiger charge is 2.43. The Balaban J connectivity index is 1.64. The van der Waals surface area contributed by atoms with E-state index < -0.39 is 34.5 Å². The van der Waals surface area contributed by atoms with Gasteiger partial charge in [0.1, 0.15) is 11.3 Å². The van der Waals surface area contributed by atoms with E-state index >= 15 is 8.78 Å². The topological polar surface area (TPSA) is 18.5 Å². The summed E-state index contributed by atoms with van der Waals surface area (Å²) < 4.78 is 84.1. The van der Waals surface area contributed by atoms with E-state index in [9.17, 15) is 13.2 Å². The molecular weight excluding hydrogens is 499 g/mol. The van der Waals surface area contributed by atoms with E-state index in [1.54, 1.807) is 0 Å². The molecule has 38 heavy (non-hydrogen) atoms. The van der Waals surface area contributed by atoms with Crippen LogP contribution in [0.25, 0.3) is 10.8 Å². The van der Waals surface area contributed by atoms with Crippen molar-refractivity contribution < 1.29 is 31.4 Å². The Morgan fingerprint density at radius 3 is 2.21 bits per heavy atom. The molecule has 0 atom stereocenters. The van der Waals surface area contributed by atoms with Gasteiger partial charge >= 0.3 is 6.18 Å². The second kappa shape index (κ2) is 12.4. The summed E-state index contributed by atoms with van der Waals surface area (Å²) >= 11 is 0. The molecule has 4 rings (SSSR count). The van der Waals surface area contributed by atoms with Gasteiger partial charge in [0.25, 0.3) is 0 Å². The van der Waals surface area contributed by atoms with Crippen molar-refractivity contribution in [1.29, 1.82) is 0 Å². The third-order valence-corrected chi connectivity index (χ3v) is 8.94. The van der Waals surface area contributed by atoms with E-state index in [1.807, 2.05) is 6.92 Å². The third kappa shape index (κ3) is 6.22. The van der Waals surface area contributed by atoms with Gasteiger partial charge in [0.2, 0.25) is 5.82 Å². The van der Waals surface area contributed by atoms with Gasteiger partial charge in [-0.05, 0) is 74.3 Å². The summed E-state index contributed by atoms with van der Waals surface area (Å²) in [6, 6.07) is 3.77. The highest BCUT2D eigenvalue weighted by molar-refractivity contribution is 5.90. The van der Waals surface area contributed by atoms with Crippen molar-refractivity contribution in [3.63, 3.8) is 0 Å². The molecule has 2 aromatic carbocycles. The minimum atomic E-state index is -4.90. The van der Waals surface area contributed by atoms with Gasteiger partial charge in [-0.3, -0.25) is 0 Å². The Kier molecular flexibility index (Phi) is 9.46. The SMILES string of the molecule is CCCCOc1ccc2cc(OCC3(C4CCCCC4)CCC(CCC)CC3)c(F)c(F)c2c1C(F)(F)F. The number of halogens is 5. The molecule has 0 aromatic heterocycles. The summed E-state index contributed by atoms with van der Waals surface area (Å²) in [6.45, 7) is 4.43. The van der Waals surface area contributed by atoms with Crippen molar-refractivity contribution in [2.75, 3.05) is 13.2 Å². The van der Waals surface area contributed by atoms with Gasteiger partial charge in [-0.25, -0.2) is 4.39 Å². The Labute approximate surface area is 223 Å². The molecule has 2 aliphatic carbocycles. The number of hydrogen-bond acceptors (Lipinski definition) is 2. The molecule has 0 bridgehead atoms. The van der Waals surface area contributed by atoms with Crippen LogP contribution in [0.4, 0.5) is 22.0 Å². The van der Waals surface area contributed by atoms with Crippen LogP contribution >= 0.6 is 0 Å². The number of fused-ring (bicyclic) bond motifs is 1. The van der Waals surface area contributed by atoms with Crippen LogP contribution in [0.1, 0.15) is 103 Å². The van der Waals surface area contributed by atoms with E-state index in [0.29, 0.717) is 18.3 Å². The molecule has 0 saturated heterocycles. The standard InChI is InChI=1S/C31H41F5O2/c1-3-5-18-37-24-13-12-22-19-25(28(32)29(33)26(22)27(24)31(34,35)36)38-20-30(23-10-7-6-8-11-23)16-14-21(9-4-2)15-17-30/h12-13,19,21,23H,3-11,14-18,20H2,1-2H3. The van der Waals surface area contributed by atoms with Crippen molar-refractivity contribution in [2.45, 2.75) is 103 Å². The lowest BCUT2D eigenvalue weighted by molar-refractivity contribution is -0.137. The molecule has 0 spiro atoms. The third-order valence-electron chi connectivity index (χ3n) is 8.94. The molecule has 2 fully saturated rings. The smallest absolute Gasteiger partial charge is 0.420 e. The molecule has 0 radical (unpaired) electrons. The van der Waals surface area contributed by atoms with Crippen LogP contribution in [-0.2, 0) is 6.18 Å². The lowest BCUT2D eigenvalue weighted by Gasteiger charge is -2.47. The average molecular weight is 541 g/mol. The van der Waals surface area contributed by atoms with Crippen LogP contribution in [0.2, 0.25) is 0 Å². The molecule has 0 heterocycles. The van der Waals surface area contributed by atoms with Crippen molar-refractivity contribution >= 4 is 10.8 Å². The summed E-state index contributed by atoms with van der Waals surface area (Å²) in [5.74, 6) is -2.52. The number of ether oxygens (including phenoxy) is 2. The molecule has 0 amide bonds. The minimum absolute atomic E-state index is 0.0487. The first-order valence-electron chi connectivity index (χ1n) is 14.5. The predicted molar refractivity (Wildman–Crippen MR) is 141 cm³/mol. The fourth-order valence-electron chi connectivity index (χ4n) is 6.77. The number of unbranched alkanes of at least 4 members (excludes halogenated alkanes) is 1. The van der Waals surface area contributed by atoms with Crippen LogP contribution in [0.3, 0.4) is 0 Å². The second-order valence-electron chi connectivity index (χ2n) is 11.5. The first-order valence-corrected chi connectivity index (χ1v) is 14.5. The molecule has 2 nitrogen and oxygen atoms in total. The van der Waals surface area contributed by atoms with Gasteiger partial charge in [-0.1, -0.05) is 58.4 Å². The maximum Gasteiger partial charge on any atom is 0.420 e. The Morgan fingerprint density at radius 2 is 1.58 bits per heavy atom. The van der Waals surface area contributed by atoms with Crippen LogP contribution in [0, 0.1) is 28.9 Å². The van der Waals surface area contributed by atoms with Gasteiger partial charge in [0.05, 0.1) is 13.2 Å².